The van der Waals surface area contributed by atoms with Crippen LogP contribution in [0.2, 0.25) is 0 Å². The standard InChI is InChI=1S/C12H16N2O4/c1-3-18-7-6-13-11-5-4-10(9(2)15)8-12(11)14(16)17/h4-5,8,13H,3,6-7H2,1-2H3. The maximum atomic E-state index is 11.2. The number of anilines is 1. The molecule has 6 nitrogen and oxygen atoms in total. The number of ketones is 1. The Bertz CT molecular complexity index is 446. The van der Waals surface area contributed by atoms with Gasteiger partial charge in [-0.15, -0.1) is 0 Å². The summed E-state index contributed by atoms with van der Waals surface area (Å²) in [4.78, 5) is 21.6. The van der Waals surface area contributed by atoms with Gasteiger partial charge in [0.2, 0.25) is 0 Å². The second-order valence-electron chi connectivity index (χ2n) is 3.67. The van der Waals surface area contributed by atoms with Crippen molar-refractivity contribution in [3.8, 4) is 0 Å². The molecule has 0 saturated heterocycles. The molecule has 0 fully saturated rings. The molecular weight excluding hydrogens is 236 g/mol. The van der Waals surface area contributed by atoms with Crippen molar-refractivity contribution >= 4 is 17.2 Å². The van der Waals surface area contributed by atoms with Gasteiger partial charge in [-0.3, -0.25) is 14.9 Å². The zero-order chi connectivity index (χ0) is 13.5. The molecule has 0 amide bonds. The van der Waals surface area contributed by atoms with Gasteiger partial charge in [-0.2, -0.15) is 0 Å². The maximum absolute atomic E-state index is 11.2. The minimum absolute atomic E-state index is 0.0980. The van der Waals surface area contributed by atoms with Crippen LogP contribution in [0.15, 0.2) is 18.2 Å². The molecule has 0 saturated carbocycles. The van der Waals surface area contributed by atoms with Crippen LogP contribution < -0.4 is 5.32 Å². The van der Waals surface area contributed by atoms with Crippen LogP contribution in [0.3, 0.4) is 0 Å². The number of ether oxygens (including phenoxy) is 1. The quantitative estimate of drug-likeness (QED) is 0.348. The Morgan fingerprint density at radius 3 is 2.78 bits per heavy atom. The van der Waals surface area contributed by atoms with E-state index < -0.39 is 4.92 Å². The van der Waals surface area contributed by atoms with E-state index in [1.165, 1.54) is 13.0 Å². The molecule has 0 unspecified atom stereocenters. The van der Waals surface area contributed by atoms with E-state index in [0.717, 1.165) is 0 Å². The highest BCUT2D eigenvalue weighted by Crippen LogP contribution is 2.25. The lowest BCUT2D eigenvalue weighted by Gasteiger charge is -2.07. The van der Waals surface area contributed by atoms with Gasteiger partial charge in [-0.1, -0.05) is 0 Å². The van der Waals surface area contributed by atoms with E-state index in [-0.39, 0.29) is 11.5 Å². The van der Waals surface area contributed by atoms with Gasteiger partial charge in [0.25, 0.3) is 5.69 Å². The Kier molecular flexibility index (Phi) is 5.26. The van der Waals surface area contributed by atoms with Crippen molar-refractivity contribution in [1.29, 1.82) is 0 Å². The fraction of sp³-hybridized carbons (Fsp3) is 0.417. The molecule has 18 heavy (non-hydrogen) atoms. The molecule has 1 aromatic rings. The average Bonchev–Trinajstić information content (AvgIpc) is 2.34. The lowest BCUT2D eigenvalue weighted by Crippen LogP contribution is -2.10. The number of Topliss-reactive ketones (excluding diaryl/α,β-unsaturated/α-hetero) is 1. The van der Waals surface area contributed by atoms with Crippen molar-refractivity contribution in [2.45, 2.75) is 13.8 Å². The molecule has 0 aliphatic heterocycles. The van der Waals surface area contributed by atoms with Gasteiger partial charge in [-0.05, 0) is 26.0 Å². The van der Waals surface area contributed by atoms with E-state index in [1.54, 1.807) is 12.1 Å². The number of rotatable bonds is 7. The molecule has 1 aromatic carbocycles. The van der Waals surface area contributed by atoms with Crippen LogP contribution >= 0.6 is 0 Å². The summed E-state index contributed by atoms with van der Waals surface area (Å²) in [6.07, 6.45) is 0. The van der Waals surface area contributed by atoms with Gasteiger partial charge in [-0.25, -0.2) is 0 Å². The summed E-state index contributed by atoms with van der Waals surface area (Å²) < 4.78 is 5.13. The lowest BCUT2D eigenvalue weighted by molar-refractivity contribution is -0.384. The Hall–Kier alpha value is -1.95. The van der Waals surface area contributed by atoms with Crippen LogP contribution in [0.1, 0.15) is 24.2 Å². The first-order valence-corrected chi connectivity index (χ1v) is 5.67. The normalized spacial score (nSPS) is 10.1. The molecule has 1 rings (SSSR count). The van der Waals surface area contributed by atoms with Crippen LogP contribution in [0.5, 0.6) is 0 Å². The Balaban J connectivity index is 2.83. The van der Waals surface area contributed by atoms with E-state index >= 15 is 0 Å². The lowest BCUT2D eigenvalue weighted by atomic mass is 10.1. The highest BCUT2D eigenvalue weighted by Gasteiger charge is 2.15. The van der Waals surface area contributed by atoms with Gasteiger partial charge in [0, 0.05) is 24.8 Å². The van der Waals surface area contributed by atoms with Crippen molar-refractivity contribution in [3.05, 3.63) is 33.9 Å². The average molecular weight is 252 g/mol. The third kappa shape index (κ3) is 3.81. The molecule has 0 aromatic heterocycles. The summed E-state index contributed by atoms with van der Waals surface area (Å²) in [5.41, 5.74) is 0.626. The van der Waals surface area contributed by atoms with Crippen molar-refractivity contribution < 1.29 is 14.5 Å². The van der Waals surface area contributed by atoms with Crippen LogP contribution in [-0.2, 0) is 4.74 Å². The molecule has 6 heteroatoms. The molecule has 0 bridgehead atoms. The first-order valence-electron chi connectivity index (χ1n) is 5.67. The number of hydrogen-bond acceptors (Lipinski definition) is 5. The second-order valence-corrected chi connectivity index (χ2v) is 3.67. The molecule has 0 spiro atoms. The molecule has 98 valence electrons. The minimum Gasteiger partial charge on any atom is -0.380 e. The predicted molar refractivity (Wildman–Crippen MR) is 68.1 cm³/mol. The van der Waals surface area contributed by atoms with Crippen LogP contribution in [0.25, 0.3) is 0 Å². The number of nitrogens with zero attached hydrogens (tertiary/aromatic N) is 1. The fourth-order valence-electron chi connectivity index (χ4n) is 1.45. The van der Waals surface area contributed by atoms with E-state index in [1.807, 2.05) is 6.92 Å². The van der Waals surface area contributed by atoms with Gasteiger partial charge in [0.15, 0.2) is 5.78 Å². The number of nitro benzene ring substituents is 1. The minimum atomic E-state index is -0.505. The van der Waals surface area contributed by atoms with Crippen molar-refractivity contribution in [2.75, 3.05) is 25.1 Å². The number of hydrogen-bond donors (Lipinski definition) is 1. The van der Waals surface area contributed by atoms with E-state index in [2.05, 4.69) is 5.32 Å². The summed E-state index contributed by atoms with van der Waals surface area (Å²) in [5, 5.41) is 13.8. The molecule has 0 radical (unpaired) electrons. The summed E-state index contributed by atoms with van der Waals surface area (Å²) in [7, 11) is 0. The second kappa shape index (κ2) is 6.70. The van der Waals surface area contributed by atoms with Gasteiger partial charge >= 0.3 is 0 Å². The summed E-state index contributed by atoms with van der Waals surface area (Å²) in [6.45, 7) is 4.81. The Labute approximate surface area is 105 Å². The molecule has 0 aliphatic rings. The zero-order valence-corrected chi connectivity index (χ0v) is 10.4. The number of benzene rings is 1. The Morgan fingerprint density at radius 1 is 1.50 bits per heavy atom. The van der Waals surface area contributed by atoms with E-state index in [9.17, 15) is 14.9 Å². The van der Waals surface area contributed by atoms with Gasteiger partial charge < -0.3 is 10.1 Å². The topological polar surface area (TPSA) is 81.5 Å². The summed E-state index contributed by atoms with van der Waals surface area (Å²) in [6, 6.07) is 4.39. The number of carbonyl (C=O) groups is 1. The maximum Gasteiger partial charge on any atom is 0.293 e. The predicted octanol–water partition coefficient (Wildman–Crippen LogP) is 2.25. The van der Waals surface area contributed by atoms with Gasteiger partial charge in [0.05, 0.1) is 11.5 Å². The first-order chi connectivity index (χ1) is 8.56. The smallest absolute Gasteiger partial charge is 0.293 e. The highest BCUT2D eigenvalue weighted by molar-refractivity contribution is 5.95. The van der Waals surface area contributed by atoms with Crippen LogP contribution in [0, 0.1) is 10.1 Å². The van der Waals surface area contributed by atoms with Crippen molar-refractivity contribution in [3.63, 3.8) is 0 Å². The van der Waals surface area contributed by atoms with Crippen molar-refractivity contribution in [1.82, 2.24) is 0 Å². The van der Waals surface area contributed by atoms with E-state index in [4.69, 9.17) is 4.74 Å². The van der Waals surface area contributed by atoms with Gasteiger partial charge in [0.1, 0.15) is 5.69 Å². The highest BCUT2D eigenvalue weighted by atomic mass is 16.6. The number of nitrogens with one attached hydrogen (secondary N) is 1. The third-order valence-corrected chi connectivity index (χ3v) is 2.37. The summed E-state index contributed by atoms with van der Waals surface area (Å²) >= 11 is 0. The molecule has 0 aliphatic carbocycles. The molecule has 1 N–H and O–H groups in total. The Morgan fingerprint density at radius 2 is 2.22 bits per heavy atom. The number of carbonyl (C=O) groups excluding carboxylic acids is 1. The van der Waals surface area contributed by atoms with Crippen LogP contribution in [-0.4, -0.2) is 30.5 Å². The fourth-order valence-corrected chi connectivity index (χ4v) is 1.45. The van der Waals surface area contributed by atoms with E-state index in [0.29, 0.717) is 31.0 Å². The van der Waals surface area contributed by atoms with Crippen LogP contribution in [0.4, 0.5) is 11.4 Å². The molecule has 0 heterocycles. The largest absolute Gasteiger partial charge is 0.380 e. The first kappa shape index (κ1) is 14.1. The third-order valence-electron chi connectivity index (χ3n) is 2.37. The zero-order valence-electron chi connectivity index (χ0n) is 10.4. The number of nitro groups is 1. The van der Waals surface area contributed by atoms with Crippen molar-refractivity contribution in [2.24, 2.45) is 0 Å². The summed E-state index contributed by atoms with van der Waals surface area (Å²) in [5.74, 6) is -0.195. The monoisotopic (exact) mass is 252 g/mol. The SMILES string of the molecule is CCOCCNc1ccc(C(C)=O)cc1[N+](=O)[O-]. The molecular formula is C12H16N2O4. The molecule has 0 atom stereocenters.